The minimum absolute atomic E-state index is 0. The van der Waals surface area contributed by atoms with Gasteiger partial charge in [-0.15, -0.1) is 0 Å². The summed E-state index contributed by atoms with van der Waals surface area (Å²) in [5.74, 6) is 0. The molecule has 0 atom stereocenters. The summed E-state index contributed by atoms with van der Waals surface area (Å²) in [6, 6.07) is 0. The van der Waals surface area contributed by atoms with Gasteiger partial charge in [-0.1, -0.05) is 0 Å². The zero-order valence-electron chi connectivity index (χ0n) is 3.49. The van der Waals surface area contributed by atoms with Crippen molar-refractivity contribution in [1.82, 2.24) is 0 Å². The molecule has 0 saturated heterocycles. The van der Waals surface area contributed by atoms with Crippen LogP contribution in [0.25, 0.3) is 0 Å². The van der Waals surface area contributed by atoms with Gasteiger partial charge in [0.25, 0.3) is 0 Å². The Kier molecular flexibility index (Phi) is 17.3. The summed E-state index contributed by atoms with van der Waals surface area (Å²) < 4.78 is 1.27. The van der Waals surface area contributed by atoms with E-state index >= 15 is 0 Å². The largest absolute Gasteiger partial charge is 0.412 e. The van der Waals surface area contributed by atoms with Crippen LogP contribution < -0.4 is 0 Å². The Balaban J connectivity index is 0. The molecule has 2 heteroatoms. The van der Waals surface area contributed by atoms with Gasteiger partial charge in [0.2, 0.25) is 0 Å². The molecular formula is C3H7KO. The number of hydrogen-bond acceptors (Lipinski definition) is 0. The van der Waals surface area contributed by atoms with Gasteiger partial charge in [-0.2, -0.15) is 0 Å². The third-order valence-corrected chi connectivity index (χ3v) is 1.19. The normalized spacial score (nSPS) is 5.20. The standard InChI is InChI=1S/C3H5.K.H2O/c1-3-2;;/h3H,1-2H2;;1H2. The van der Waals surface area contributed by atoms with Crippen LogP contribution in [0, 0.1) is 0 Å². The van der Waals surface area contributed by atoms with Gasteiger partial charge in [0.1, 0.15) is 0 Å². The number of rotatable bonds is 1. The molecule has 1 nitrogen and oxygen atoms in total. The van der Waals surface area contributed by atoms with E-state index in [9.17, 15) is 0 Å². The molecule has 5 heavy (non-hydrogen) atoms. The van der Waals surface area contributed by atoms with Crippen LogP contribution in [0.15, 0.2) is 12.7 Å². The first-order chi connectivity index (χ1) is 1.91. The molecule has 0 spiro atoms. The van der Waals surface area contributed by atoms with Crippen molar-refractivity contribution in [3.05, 3.63) is 12.7 Å². The molecule has 0 aliphatic carbocycles. The molecular weight excluding hydrogens is 91.1 g/mol. The minimum atomic E-state index is 0. The Hall–Kier alpha value is 1.34. The molecule has 0 aromatic heterocycles. The van der Waals surface area contributed by atoms with Gasteiger partial charge in [0.15, 0.2) is 0 Å². The van der Waals surface area contributed by atoms with Crippen molar-refractivity contribution in [3.8, 4) is 0 Å². The molecule has 0 aromatic carbocycles. The maximum atomic E-state index is 3.53. The summed E-state index contributed by atoms with van der Waals surface area (Å²) in [5.41, 5.74) is 0. The van der Waals surface area contributed by atoms with E-state index in [-0.39, 0.29) is 5.48 Å². The molecule has 0 rings (SSSR count). The summed E-state index contributed by atoms with van der Waals surface area (Å²) in [6.45, 7) is 3.53. The fourth-order valence-electron chi connectivity index (χ4n) is 0. The van der Waals surface area contributed by atoms with Crippen LogP contribution in [0.4, 0.5) is 0 Å². The Labute approximate surface area is 66.3 Å². The summed E-state index contributed by atoms with van der Waals surface area (Å²) in [5, 5.41) is 0. The molecule has 0 saturated carbocycles. The van der Waals surface area contributed by atoms with Crippen molar-refractivity contribution in [3.63, 3.8) is 0 Å². The predicted molar refractivity (Wildman–Crippen MR) is 24.4 cm³/mol. The Morgan fingerprint density at radius 1 is 1.80 bits per heavy atom. The Morgan fingerprint density at radius 2 is 2.00 bits per heavy atom. The maximum absolute atomic E-state index is 3.53. The molecule has 0 radical (unpaired) electrons. The van der Waals surface area contributed by atoms with Crippen LogP contribution in [0.5, 0.6) is 0 Å². The number of hydrogen-bond donors (Lipinski definition) is 0. The smallest absolute Gasteiger partial charge is 0.412 e. The van der Waals surface area contributed by atoms with E-state index in [1.54, 1.807) is 0 Å². The van der Waals surface area contributed by atoms with E-state index in [1.807, 2.05) is 6.08 Å². The SMILES string of the molecule is C=C[CH2][K].O. The van der Waals surface area contributed by atoms with Crippen molar-refractivity contribution in [2.45, 2.75) is 0.515 Å². The van der Waals surface area contributed by atoms with Crippen molar-refractivity contribution in [2.24, 2.45) is 0 Å². The van der Waals surface area contributed by atoms with Crippen LogP contribution in [0.3, 0.4) is 0 Å². The van der Waals surface area contributed by atoms with Gasteiger partial charge in [-0.25, -0.2) is 0 Å². The zero-order valence-corrected chi connectivity index (χ0v) is 6.61. The topological polar surface area (TPSA) is 31.5 Å². The minimum Gasteiger partial charge on any atom is -0.412 e. The zero-order chi connectivity index (χ0) is 3.41. The summed E-state index contributed by atoms with van der Waals surface area (Å²) in [7, 11) is 0. The van der Waals surface area contributed by atoms with Gasteiger partial charge in [0, 0.05) is 0 Å². The summed E-state index contributed by atoms with van der Waals surface area (Å²) >= 11 is 0.995. The maximum Gasteiger partial charge on any atom is -0.412 e. The van der Waals surface area contributed by atoms with E-state index in [0.29, 0.717) is 0 Å². The first-order valence-electron chi connectivity index (χ1n) is 1.52. The van der Waals surface area contributed by atoms with Crippen LogP contribution in [0.2, 0.25) is 0.515 Å². The van der Waals surface area contributed by atoms with Crippen LogP contribution in [0.1, 0.15) is 0 Å². The van der Waals surface area contributed by atoms with Gasteiger partial charge < -0.3 is 5.48 Å². The molecule has 0 heterocycles. The molecule has 0 aromatic rings. The molecule has 0 unspecified atom stereocenters. The second kappa shape index (κ2) is 9.01. The molecule has 0 aliphatic rings. The molecule has 26 valence electrons. The van der Waals surface area contributed by atoms with Gasteiger partial charge >= 0.3 is 62.1 Å². The van der Waals surface area contributed by atoms with Crippen molar-refractivity contribution in [1.29, 1.82) is 0 Å². The fourth-order valence-corrected chi connectivity index (χ4v) is 0. The predicted octanol–water partition coefficient (Wildman–Crippen LogP) is -0.0655. The number of allylic oxidation sites excluding steroid dienone is 1. The Morgan fingerprint density at radius 3 is 2.00 bits per heavy atom. The van der Waals surface area contributed by atoms with E-state index < -0.39 is 0 Å². The second-order valence-corrected chi connectivity index (χ2v) is 1.97. The van der Waals surface area contributed by atoms with Crippen molar-refractivity contribution in [2.75, 3.05) is 0 Å². The van der Waals surface area contributed by atoms with Gasteiger partial charge in [-0.3, -0.25) is 0 Å². The molecule has 0 aliphatic heterocycles. The van der Waals surface area contributed by atoms with E-state index in [2.05, 4.69) is 6.58 Å². The first-order valence-corrected chi connectivity index (χ1v) is 3.73. The average Bonchev–Trinajstić information content (AvgIpc) is 1.37. The van der Waals surface area contributed by atoms with Crippen LogP contribution >= 0.6 is 0 Å². The summed E-state index contributed by atoms with van der Waals surface area (Å²) in [6.07, 6.45) is 1.96. The fraction of sp³-hybridized carbons (Fsp3) is 0.333. The molecule has 0 fully saturated rings. The average molecular weight is 98.2 g/mol. The van der Waals surface area contributed by atoms with E-state index in [0.717, 1.165) is 49.0 Å². The van der Waals surface area contributed by atoms with E-state index in [4.69, 9.17) is 0 Å². The quantitative estimate of drug-likeness (QED) is 0.325. The third-order valence-electron chi connectivity index (χ3n) is 0.289. The Bertz CT molecular complexity index is 20.9. The first kappa shape index (κ1) is 9.60. The van der Waals surface area contributed by atoms with Crippen molar-refractivity contribution >= 4 is 49.0 Å². The van der Waals surface area contributed by atoms with Crippen LogP contribution in [-0.2, 0) is 0 Å². The third kappa shape index (κ3) is 10.9. The monoisotopic (exact) mass is 98.0 g/mol. The van der Waals surface area contributed by atoms with Gasteiger partial charge in [0.05, 0.1) is 0 Å². The summed E-state index contributed by atoms with van der Waals surface area (Å²) in [4.78, 5) is 0. The molecule has 0 amide bonds. The second-order valence-electron chi connectivity index (χ2n) is 0.697. The molecule has 2 N–H and O–H groups in total. The van der Waals surface area contributed by atoms with Crippen molar-refractivity contribution < 1.29 is 5.48 Å². The van der Waals surface area contributed by atoms with Crippen LogP contribution in [-0.4, -0.2) is 54.4 Å². The van der Waals surface area contributed by atoms with Gasteiger partial charge in [-0.05, 0) is 0 Å². The molecule has 0 bridgehead atoms. The van der Waals surface area contributed by atoms with E-state index in [1.165, 1.54) is 0.515 Å².